The van der Waals surface area contributed by atoms with E-state index in [-0.39, 0.29) is 31.7 Å². The van der Waals surface area contributed by atoms with Crippen LogP contribution in [0.1, 0.15) is 64.9 Å². The first-order valence-electron chi connectivity index (χ1n) is 17.5. The Morgan fingerprint density at radius 2 is 1.70 bits per heavy atom. The summed E-state index contributed by atoms with van der Waals surface area (Å²) >= 11 is 0. The molecule has 1 aliphatic heterocycles. The number of benzene rings is 3. The molecule has 3 N–H and O–H groups in total. The van der Waals surface area contributed by atoms with Crippen LogP contribution >= 0.6 is 7.37 Å². The zero-order valence-corrected chi connectivity index (χ0v) is 29.9. The highest BCUT2D eigenvalue weighted by molar-refractivity contribution is 7.59. The SMILES string of the molecule is C=C[C@@H]1C[C@]1(NC(=O)[C@@H]1C[C@@H](Oc2cccc3ccccc23)CN1C(=O)C(NC(=O)OC1CCCC1)C(C)(C)C)P(=O)(O)Cc1ccccc1. The molecule has 3 aromatic rings. The highest BCUT2D eigenvalue weighted by atomic mass is 31.2. The summed E-state index contributed by atoms with van der Waals surface area (Å²) < 4.78 is 26.2. The van der Waals surface area contributed by atoms with Crippen LogP contribution in [0.25, 0.3) is 10.8 Å². The second kappa shape index (κ2) is 14.2. The van der Waals surface area contributed by atoms with E-state index in [0.29, 0.717) is 11.3 Å². The summed E-state index contributed by atoms with van der Waals surface area (Å²) in [6.45, 7) is 9.48. The zero-order chi connectivity index (χ0) is 35.7. The number of nitrogens with zero attached hydrogens (tertiary/aromatic N) is 1. The number of hydrogen-bond donors (Lipinski definition) is 3. The van der Waals surface area contributed by atoms with Crippen molar-refractivity contribution in [3.05, 3.63) is 91.0 Å². The van der Waals surface area contributed by atoms with Crippen LogP contribution in [0.4, 0.5) is 4.79 Å². The van der Waals surface area contributed by atoms with E-state index in [1.807, 2.05) is 69.3 Å². The van der Waals surface area contributed by atoms with Crippen molar-refractivity contribution in [2.24, 2.45) is 11.3 Å². The summed E-state index contributed by atoms with van der Waals surface area (Å²) in [6.07, 6.45) is 4.03. The number of alkyl carbamates (subject to hydrolysis) is 1. The van der Waals surface area contributed by atoms with Gasteiger partial charge in [0.2, 0.25) is 19.2 Å². The first kappa shape index (κ1) is 35.7. The van der Waals surface area contributed by atoms with Gasteiger partial charge in [-0.1, -0.05) is 93.6 Å². The van der Waals surface area contributed by atoms with Crippen molar-refractivity contribution in [1.82, 2.24) is 15.5 Å². The van der Waals surface area contributed by atoms with E-state index >= 15 is 0 Å². The number of likely N-dealkylation sites (tertiary alicyclic amines) is 1. The number of fused-ring (bicyclic) bond motifs is 1. The van der Waals surface area contributed by atoms with Crippen molar-refractivity contribution in [1.29, 1.82) is 0 Å². The molecule has 10 nitrogen and oxygen atoms in total. The van der Waals surface area contributed by atoms with E-state index in [1.165, 1.54) is 4.90 Å². The third kappa shape index (κ3) is 7.47. The van der Waals surface area contributed by atoms with Crippen LogP contribution < -0.4 is 15.4 Å². The summed E-state index contributed by atoms with van der Waals surface area (Å²) in [4.78, 5) is 54.9. The predicted octanol–water partition coefficient (Wildman–Crippen LogP) is 6.76. The maximum Gasteiger partial charge on any atom is 0.408 e. The van der Waals surface area contributed by atoms with Crippen molar-refractivity contribution in [2.75, 3.05) is 6.54 Å². The molecule has 1 saturated heterocycles. The molecule has 266 valence electrons. The highest BCUT2D eigenvalue weighted by Crippen LogP contribution is 2.70. The number of hydrogen-bond acceptors (Lipinski definition) is 6. The number of rotatable bonds is 11. The number of amides is 3. The van der Waals surface area contributed by atoms with E-state index in [2.05, 4.69) is 17.2 Å². The molecule has 0 spiro atoms. The number of carbonyl (C=O) groups is 3. The zero-order valence-electron chi connectivity index (χ0n) is 29.0. The van der Waals surface area contributed by atoms with E-state index < -0.39 is 60.1 Å². The molecule has 3 fully saturated rings. The monoisotopic (exact) mass is 701 g/mol. The van der Waals surface area contributed by atoms with E-state index in [1.54, 1.807) is 30.3 Å². The second-order valence-electron chi connectivity index (χ2n) is 15.0. The van der Waals surface area contributed by atoms with Gasteiger partial charge in [-0.15, -0.1) is 6.58 Å². The average Bonchev–Trinajstić information content (AvgIpc) is 3.35. The molecule has 0 bridgehead atoms. The van der Waals surface area contributed by atoms with Gasteiger partial charge in [-0.2, -0.15) is 0 Å². The third-order valence-corrected chi connectivity index (χ3v) is 13.0. The Labute approximate surface area is 294 Å². The maximum atomic E-state index is 14.5. The van der Waals surface area contributed by atoms with Gasteiger partial charge in [-0.05, 0) is 54.5 Å². The fraction of sp³-hybridized carbons (Fsp3) is 0.462. The minimum atomic E-state index is -4.00. The summed E-state index contributed by atoms with van der Waals surface area (Å²) in [5, 5.41) is 6.25. The van der Waals surface area contributed by atoms with Crippen LogP contribution in [-0.4, -0.2) is 63.8 Å². The van der Waals surface area contributed by atoms with Gasteiger partial charge in [0.1, 0.15) is 35.3 Å². The predicted molar refractivity (Wildman–Crippen MR) is 193 cm³/mol. The highest BCUT2D eigenvalue weighted by Gasteiger charge is 2.65. The van der Waals surface area contributed by atoms with Gasteiger partial charge in [0.25, 0.3) is 0 Å². The molecule has 2 aliphatic carbocycles. The van der Waals surface area contributed by atoms with E-state index in [9.17, 15) is 23.8 Å². The van der Waals surface area contributed by atoms with Gasteiger partial charge >= 0.3 is 6.09 Å². The minimum Gasteiger partial charge on any atom is -0.488 e. The van der Waals surface area contributed by atoms with Crippen molar-refractivity contribution in [3.8, 4) is 5.75 Å². The number of nitrogens with one attached hydrogen (secondary N) is 2. The van der Waals surface area contributed by atoms with Gasteiger partial charge in [0.05, 0.1) is 12.7 Å². The molecular formula is C39H48N3O7P. The van der Waals surface area contributed by atoms with Crippen LogP contribution in [0.3, 0.4) is 0 Å². The van der Waals surface area contributed by atoms with Gasteiger partial charge in [-0.25, -0.2) is 4.79 Å². The maximum absolute atomic E-state index is 14.5. The molecule has 11 heteroatoms. The van der Waals surface area contributed by atoms with Crippen molar-refractivity contribution < 1.29 is 33.3 Å². The molecule has 3 aromatic carbocycles. The molecule has 2 saturated carbocycles. The lowest BCUT2D eigenvalue weighted by atomic mass is 9.85. The molecule has 6 atom stereocenters. The van der Waals surface area contributed by atoms with Gasteiger partial charge < -0.3 is 29.9 Å². The van der Waals surface area contributed by atoms with Crippen LogP contribution in [-0.2, 0) is 25.1 Å². The molecule has 0 aromatic heterocycles. The molecule has 3 amide bonds. The largest absolute Gasteiger partial charge is 0.488 e. The molecule has 3 aliphatic rings. The molecule has 1 heterocycles. The van der Waals surface area contributed by atoms with Gasteiger partial charge in [-0.3, -0.25) is 14.2 Å². The molecule has 50 heavy (non-hydrogen) atoms. The fourth-order valence-electron chi connectivity index (χ4n) is 7.43. The van der Waals surface area contributed by atoms with E-state index in [0.717, 1.165) is 36.5 Å². The number of ether oxygens (including phenoxy) is 2. The standard InChI is InChI=1S/C39H48N3O7P/c1-5-28-23-39(28,50(46,47)25-26-14-7-6-8-15-26)41-35(43)32-22-30(48-33-21-13-17-27-16-9-12-20-31(27)33)24-42(32)36(44)34(38(2,3)4)40-37(45)49-29-18-10-11-19-29/h5-9,12-17,20-21,28-30,32,34H,1,10-11,18-19,22-25H2,2-4H3,(H,40,45)(H,41,43)(H,46,47)/t28-,30-,32+,34?,39+/m1/s1. The summed E-state index contributed by atoms with van der Waals surface area (Å²) in [6, 6.07) is 20.5. The van der Waals surface area contributed by atoms with E-state index in [4.69, 9.17) is 9.47 Å². The lowest BCUT2D eigenvalue weighted by Gasteiger charge is -2.36. The molecule has 0 radical (unpaired) electrons. The lowest BCUT2D eigenvalue weighted by molar-refractivity contribution is -0.142. The van der Waals surface area contributed by atoms with Crippen LogP contribution in [0.5, 0.6) is 5.75 Å². The average molecular weight is 702 g/mol. The van der Waals surface area contributed by atoms with Gasteiger partial charge in [0, 0.05) is 17.7 Å². The van der Waals surface area contributed by atoms with Crippen molar-refractivity contribution >= 4 is 36.0 Å². The van der Waals surface area contributed by atoms with Crippen LogP contribution in [0.15, 0.2) is 85.5 Å². The minimum absolute atomic E-state index is 0.0742. The number of carbonyl (C=O) groups excluding carboxylic acids is 3. The van der Waals surface area contributed by atoms with Crippen molar-refractivity contribution in [3.63, 3.8) is 0 Å². The Morgan fingerprint density at radius 1 is 1.02 bits per heavy atom. The Morgan fingerprint density at radius 3 is 2.38 bits per heavy atom. The molecular weight excluding hydrogens is 653 g/mol. The first-order chi connectivity index (χ1) is 23.8. The summed E-state index contributed by atoms with van der Waals surface area (Å²) in [5.74, 6) is -0.782. The summed E-state index contributed by atoms with van der Waals surface area (Å²) in [5.41, 5.74) is -0.0461. The molecule has 2 unspecified atom stereocenters. The third-order valence-electron chi connectivity index (χ3n) is 10.3. The Kier molecular flexibility index (Phi) is 10.2. The quantitative estimate of drug-likeness (QED) is 0.149. The lowest BCUT2D eigenvalue weighted by Crippen LogP contribution is -2.58. The van der Waals surface area contributed by atoms with Crippen LogP contribution in [0, 0.1) is 11.3 Å². The smallest absolute Gasteiger partial charge is 0.408 e. The summed E-state index contributed by atoms with van der Waals surface area (Å²) in [7, 11) is -4.00. The Hall–Kier alpha value is -4.14. The first-order valence-corrected chi connectivity index (χ1v) is 19.4. The normalized spacial score (nSPS) is 25.4. The fourth-order valence-corrected chi connectivity index (χ4v) is 9.81. The van der Waals surface area contributed by atoms with Crippen molar-refractivity contribution in [2.45, 2.75) is 95.0 Å². The van der Waals surface area contributed by atoms with Gasteiger partial charge in [0.15, 0.2) is 0 Å². The van der Waals surface area contributed by atoms with Crippen LogP contribution in [0.2, 0.25) is 0 Å². The Bertz CT molecular complexity index is 1780. The second-order valence-corrected chi connectivity index (χ2v) is 17.5. The Balaban J connectivity index is 1.28. The molecule has 6 rings (SSSR count). The topological polar surface area (TPSA) is 134 Å².